The molecule has 0 spiro atoms. The Hall–Kier alpha value is -2.88. The first kappa shape index (κ1) is 22.3. The summed E-state index contributed by atoms with van der Waals surface area (Å²) in [6.45, 7) is 1.43. The molecular weight excluding hydrogens is 452 g/mol. The lowest BCUT2D eigenvalue weighted by atomic mass is 10.1. The van der Waals surface area contributed by atoms with Crippen molar-refractivity contribution in [1.82, 2.24) is 9.55 Å². The van der Waals surface area contributed by atoms with Crippen molar-refractivity contribution in [2.45, 2.75) is 30.6 Å². The second-order valence-corrected chi connectivity index (χ2v) is 8.65. The predicted molar refractivity (Wildman–Crippen MR) is 124 cm³/mol. The van der Waals surface area contributed by atoms with E-state index in [0.29, 0.717) is 12.2 Å². The molecule has 1 fully saturated rings. The van der Waals surface area contributed by atoms with Gasteiger partial charge in [0.1, 0.15) is 0 Å². The Morgan fingerprint density at radius 3 is 2.81 bits per heavy atom. The standard InChI is InChI=1S/C22H21ClN4O4S/c23-18-11-16(27(29)30)8-9-19(18)25-21(28)14-32-22-24-12-20(15-5-2-1-3-6-15)26(22)13-17-7-4-10-31-17/h1-3,5-6,8-9,11-12,17H,4,7,10,13-14H2,(H,25,28). The van der Waals surface area contributed by atoms with Crippen LogP contribution < -0.4 is 5.32 Å². The summed E-state index contributed by atoms with van der Waals surface area (Å²) in [6, 6.07) is 13.9. The van der Waals surface area contributed by atoms with E-state index in [0.717, 1.165) is 35.9 Å². The zero-order chi connectivity index (χ0) is 22.5. The number of rotatable bonds is 8. The van der Waals surface area contributed by atoms with Crippen molar-refractivity contribution in [1.29, 1.82) is 0 Å². The first-order valence-electron chi connectivity index (χ1n) is 10.1. The number of non-ortho nitro benzene ring substituents is 1. The summed E-state index contributed by atoms with van der Waals surface area (Å²) in [7, 11) is 0. The van der Waals surface area contributed by atoms with Gasteiger partial charge in [0.25, 0.3) is 5.69 Å². The number of thioether (sulfide) groups is 1. The molecule has 3 aromatic rings. The second-order valence-electron chi connectivity index (χ2n) is 7.30. The van der Waals surface area contributed by atoms with E-state index in [1.54, 1.807) is 0 Å². The van der Waals surface area contributed by atoms with Crippen LogP contribution in [-0.2, 0) is 16.1 Å². The lowest BCUT2D eigenvalue weighted by Crippen LogP contribution is -2.18. The third-order valence-corrected chi connectivity index (χ3v) is 6.37. The number of hydrogen-bond acceptors (Lipinski definition) is 6. The Morgan fingerprint density at radius 2 is 2.12 bits per heavy atom. The van der Waals surface area contributed by atoms with Gasteiger partial charge in [-0.1, -0.05) is 53.7 Å². The highest BCUT2D eigenvalue weighted by atomic mass is 35.5. The van der Waals surface area contributed by atoms with Crippen LogP contribution in [0.5, 0.6) is 0 Å². The Kier molecular flexibility index (Phi) is 7.09. The number of anilines is 1. The second kappa shape index (κ2) is 10.2. The van der Waals surface area contributed by atoms with Crippen molar-refractivity contribution in [3.63, 3.8) is 0 Å². The molecule has 1 atom stereocenters. The molecule has 4 rings (SSSR count). The maximum absolute atomic E-state index is 12.5. The summed E-state index contributed by atoms with van der Waals surface area (Å²) in [4.78, 5) is 27.4. The Morgan fingerprint density at radius 1 is 1.31 bits per heavy atom. The SMILES string of the molecule is O=C(CSc1ncc(-c2ccccc2)n1CC1CCCO1)Nc1ccc([N+](=O)[O-])cc1Cl. The molecule has 1 aliphatic heterocycles. The molecule has 10 heteroatoms. The molecule has 1 aromatic heterocycles. The highest BCUT2D eigenvalue weighted by Gasteiger charge is 2.21. The van der Waals surface area contributed by atoms with E-state index in [9.17, 15) is 14.9 Å². The maximum Gasteiger partial charge on any atom is 0.271 e. The third-order valence-electron chi connectivity index (χ3n) is 5.07. The largest absolute Gasteiger partial charge is 0.376 e. The maximum atomic E-state index is 12.5. The minimum absolute atomic E-state index is 0.115. The lowest BCUT2D eigenvalue weighted by Gasteiger charge is -2.16. The van der Waals surface area contributed by atoms with Gasteiger partial charge in [0.05, 0.1) is 45.9 Å². The first-order valence-corrected chi connectivity index (χ1v) is 11.5. The molecule has 0 saturated carbocycles. The summed E-state index contributed by atoms with van der Waals surface area (Å²) in [5.74, 6) is -0.164. The number of carbonyl (C=O) groups excluding carboxylic acids is 1. The van der Waals surface area contributed by atoms with Gasteiger partial charge >= 0.3 is 0 Å². The van der Waals surface area contributed by atoms with Crippen LogP contribution in [0.1, 0.15) is 12.8 Å². The predicted octanol–water partition coefficient (Wildman–Crippen LogP) is 5.02. The zero-order valence-electron chi connectivity index (χ0n) is 17.1. The van der Waals surface area contributed by atoms with Crippen molar-refractivity contribution in [3.05, 3.63) is 69.9 Å². The van der Waals surface area contributed by atoms with E-state index in [4.69, 9.17) is 16.3 Å². The van der Waals surface area contributed by atoms with E-state index in [2.05, 4.69) is 14.9 Å². The molecule has 0 radical (unpaired) electrons. The van der Waals surface area contributed by atoms with Gasteiger partial charge in [-0.3, -0.25) is 14.9 Å². The van der Waals surface area contributed by atoms with Crippen LogP contribution in [0.4, 0.5) is 11.4 Å². The minimum Gasteiger partial charge on any atom is -0.376 e. The molecule has 1 N–H and O–H groups in total. The fraction of sp³-hybridized carbons (Fsp3) is 0.273. The Balaban J connectivity index is 1.47. The lowest BCUT2D eigenvalue weighted by molar-refractivity contribution is -0.384. The number of amides is 1. The molecule has 2 aromatic carbocycles. The molecule has 0 aliphatic carbocycles. The number of aromatic nitrogens is 2. The number of nitrogens with one attached hydrogen (secondary N) is 1. The highest BCUT2D eigenvalue weighted by Crippen LogP contribution is 2.30. The van der Waals surface area contributed by atoms with Crippen molar-refractivity contribution >= 4 is 40.6 Å². The van der Waals surface area contributed by atoms with Gasteiger partial charge in [-0.05, 0) is 24.5 Å². The third kappa shape index (κ3) is 5.29. The molecule has 1 unspecified atom stereocenters. The van der Waals surface area contributed by atoms with Crippen molar-refractivity contribution in [2.24, 2.45) is 0 Å². The molecule has 32 heavy (non-hydrogen) atoms. The average molecular weight is 473 g/mol. The fourth-order valence-corrected chi connectivity index (χ4v) is 4.53. The molecule has 1 saturated heterocycles. The number of nitrogens with zero attached hydrogens (tertiary/aromatic N) is 3. The Labute approximate surface area is 194 Å². The van der Waals surface area contributed by atoms with Gasteiger partial charge in [0.15, 0.2) is 5.16 Å². The number of benzene rings is 2. The van der Waals surface area contributed by atoms with Crippen LogP contribution in [0, 0.1) is 10.1 Å². The number of halogens is 1. The van der Waals surface area contributed by atoms with Crippen LogP contribution in [0.25, 0.3) is 11.3 Å². The van der Waals surface area contributed by atoms with Crippen molar-refractivity contribution in [2.75, 3.05) is 17.7 Å². The average Bonchev–Trinajstić information content (AvgIpc) is 3.44. The van der Waals surface area contributed by atoms with Gasteiger partial charge in [-0.2, -0.15) is 0 Å². The molecule has 166 valence electrons. The van der Waals surface area contributed by atoms with E-state index in [1.807, 2.05) is 36.5 Å². The van der Waals surface area contributed by atoms with Crippen LogP contribution in [0.3, 0.4) is 0 Å². The van der Waals surface area contributed by atoms with Gasteiger partial charge in [0, 0.05) is 18.7 Å². The van der Waals surface area contributed by atoms with Gasteiger partial charge in [-0.25, -0.2) is 4.98 Å². The van der Waals surface area contributed by atoms with Crippen molar-refractivity contribution < 1.29 is 14.5 Å². The number of nitro benzene ring substituents is 1. The first-order chi connectivity index (χ1) is 15.5. The minimum atomic E-state index is -0.536. The Bertz CT molecular complexity index is 1120. The number of imidazole rings is 1. The summed E-state index contributed by atoms with van der Waals surface area (Å²) >= 11 is 7.39. The molecule has 8 nitrogen and oxygen atoms in total. The summed E-state index contributed by atoms with van der Waals surface area (Å²) in [5, 5.41) is 14.4. The van der Waals surface area contributed by atoms with Crippen molar-refractivity contribution in [3.8, 4) is 11.3 Å². The van der Waals surface area contributed by atoms with Crippen LogP contribution in [0.15, 0.2) is 59.9 Å². The van der Waals surface area contributed by atoms with Crippen LogP contribution >= 0.6 is 23.4 Å². The quantitative estimate of drug-likeness (QED) is 0.280. The fourth-order valence-electron chi connectivity index (χ4n) is 3.52. The summed E-state index contributed by atoms with van der Waals surface area (Å²) in [6.07, 6.45) is 3.98. The van der Waals surface area contributed by atoms with Crippen LogP contribution in [0.2, 0.25) is 5.02 Å². The highest BCUT2D eigenvalue weighted by molar-refractivity contribution is 7.99. The smallest absolute Gasteiger partial charge is 0.271 e. The van der Waals surface area contributed by atoms with Gasteiger partial charge in [0.2, 0.25) is 5.91 Å². The van der Waals surface area contributed by atoms with Crippen LogP contribution in [-0.4, -0.2) is 38.8 Å². The number of carbonyl (C=O) groups is 1. The normalized spacial score (nSPS) is 15.6. The van der Waals surface area contributed by atoms with Gasteiger partial charge in [-0.15, -0.1) is 0 Å². The molecule has 1 amide bonds. The molecule has 2 heterocycles. The summed E-state index contributed by atoms with van der Waals surface area (Å²) in [5.41, 5.74) is 2.22. The summed E-state index contributed by atoms with van der Waals surface area (Å²) < 4.78 is 7.92. The topological polar surface area (TPSA) is 99.3 Å². The molecular formula is C22H21ClN4O4S. The number of ether oxygens (including phenoxy) is 1. The van der Waals surface area contributed by atoms with E-state index < -0.39 is 4.92 Å². The zero-order valence-corrected chi connectivity index (χ0v) is 18.6. The molecule has 1 aliphatic rings. The van der Waals surface area contributed by atoms with E-state index in [1.165, 1.54) is 30.0 Å². The number of nitro groups is 1. The monoisotopic (exact) mass is 472 g/mol. The van der Waals surface area contributed by atoms with E-state index in [-0.39, 0.29) is 28.5 Å². The van der Waals surface area contributed by atoms with Gasteiger partial charge < -0.3 is 14.6 Å². The van der Waals surface area contributed by atoms with E-state index >= 15 is 0 Å². The molecule has 0 bridgehead atoms. The number of hydrogen-bond donors (Lipinski definition) is 1.